The van der Waals surface area contributed by atoms with Crippen LogP contribution in [0.5, 0.6) is 0 Å². The van der Waals surface area contributed by atoms with E-state index in [0.717, 1.165) is 31.4 Å². The Kier molecular flexibility index (Phi) is 7.55. The molecule has 11 nitrogen and oxygen atoms in total. The number of hydrogen-bond acceptors (Lipinski definition) is 9. The Morgan fingerprint density at radius 3 is 2.69 bits per heavy atom. The molecule has 0 radical (unpaired) electrons. The Morgan fingerprint density at radius 2 is 1.93 bits per heavy atom. The fourth-order valence-corrected chi connectivity index (χ4v) is 7.25. The van der Waals surface area contributed by atoms with Crippen molar-refractivity contribution in [2.45, 2.75) is 109 Å². The molecule has 1 N–H and O–H groups in total. The van der Waals surface area contributed by atoms with Crippen LogP contribution in [0.3, 0.4) is 0 Å². The SMILES string of the molecule is Cc1cnc2ccc(-c3nn(C4CCCCO4)c4nc(N5[C@H]6CC[C@@H]5[C@@H](F)[C@@H](NC(=O)OC(C)(C)C)C6)c(C)nc34)c(Cl)c2n1. The van der Waals surface area contributed by atoms with Gasteiger partial charge in [-0.25, -0.2) is 28.8 Å². The van der Waals surface area contributed by atoms with Gasteiger partial charge in [0.15, 0.2) is 17.7 Å². The number of carbonyl (C=O) groups is 1. The number of benzene rings is 1. The lowest BCUT2D eigenvalue weighted by molar-refractivity contribution is -0.0368. The Hall–Kier alpha value is -3.64. The van der Waals surface area contributed by atoms with Gasteiger partial charge < -0.3 is 19.7 Å². The molecule has 3 saturated heterocycles. The molecule has 7 rings (SSSR count). The first-order chi connectivity index (χ1) is 21.5. The van der Waals surface area contributed by atoms with Crippen LogP contribution in [-0.4, -0.2) is 72.3 Å². The Bertz CT molecular complexity index is 1790. The minimum Gasteiger partial charge on any atom is -0.444 e. The van der Waals surface area contributed by atoms with E-state index in [1.165, 1.54) is 0 Å². The van der Waals surface area contributed by atoms with Crippen LogP contribution in [0, 0.1) is 13.8 Å². The van der Waals surface area contributed by atoms with Crippen molar-refractivity contribution in [2.75, 3.05) is 11.5 Å². The predicted molar refractivity (Wildman–Crippen MR) is 169 cm³/mol. The summed E-state index contributed by atoms with van der Waals surface area (Å²) < 4.78 is 29.5. The lowest BCUT2D eigenvalue weighted by Gasteiger charge is -2.42. The molecule has 3 aliphatic heterocycles. The zero-order valence-electron chi connectivity index (χ0n) is 26.2. The first kappa shape index (κ1) is 30.0. The van der Waals surface area contributed by atoms with Crippen LogP contribution in [0.1, 0.15) is 76.9 Å². The minimum absolute atomic E-state index is 0.00842. The summed E-state index contributed by atoms with van der Waals surface area (Å²) in [5.74, 6) is 0.628. The van der Waals surface area contributed by atoms with Crippen LogP contribution in [0.25, 0.3) is 33.5 Å². The zero-order valence-corrected chi connectivity index (χ0v) is 26.9. The Labute approximate surface area is 265 Å². The molecule has 0 aliphatic carbocycles. The number of halogens is 2. The van der Waals surface area contributed by atoms with Crippen molar-refractivity contribution in [2.24, 2.45) is 0 Å². The summed E-state index contributed by atoms with van der Waals surface area (Å²) in [5.41, 5.74) is 4.49. The van der Waals surface area contributed by atoms with Crippen LogP contribution < -0.4 is 10.2 Å². The maximum atomic E-state index is 16.1. The van der Waals surface area contributed by atoms with Crippen molar-refractivity contribution in [3.63, 3.8) is 0 Å². The highest BCUT2D eigenvalue weighted by atomic mass is 35.5. The van der Waals surface area contributed by atoms with Gasteiger partial charge in [-0.2, -0.15) is 5.10 Å². The molecule has 5 atom stereocenters. The maximum Gasteiger partial charge on any atom is 0.407 e. The van der Waals surface area contributed by atoms with Gasteiger partial charge in [0.05, 0.1) is 34.0 Å². The van der Waals surface area contributed by atoms with Crippen molar-refractivity contribution in [1.29, 1.82) is 0 Å². The minimum atomic E-state index is -1.30. The topological polar surface area (TPSA) is 120 Å². The summed E-state index contributed by atoms with van der Waals surface area (Å²) in [4.78, 5) is 33.9. The van der Waals surface area contributed by atoms with Crippen molar-refractivity contribution in [3.05, 3.63) is 34.7 Å². The number of piperidine rings is 1. The number of hydrogen-bond donors (Lipinski definition) is 1. The molecule has 1 unspecified atom stereocenters. The molecular weight excluding hydrogens is 599 g/mol. The van der Waals surface area contributed by atoms with E-state index in [1.807, 2.05) is 30.7 Å². The third-order valence-electron chi connectivity index (χ3n) is 8.90. The zero-order chi connectivity index (χ0) is 31.6. The summed E-state index contributed by atoms with van der Waals surface area (Å²) in [5, 5.41) is 8.25. The molecule has 45 heavy (non-hydrogen) atoms. The van der Waals surface area contributed by atoms with Crippen molar-refractivity contribution >= 4 is 45.7 Å². The standard InChI is InChI=1S/C32H38ClFN8O3/c1-16-15-35-20-11-10-19(24(33)27(20)36-16)26-28-30(42(40-26)23-8-6-7-13-44-23)39-29(17(2)37-28)41-18-9-12-22(41)25(34)21(14-18)38-31(43)45-32(3,4)5/h10-11,15,18,21-23,25H,6-9,12-14H2,1-5H3,(H,38,43)/t18-,21-,22+,23?,25-/m0/s1. The summed E-state index contributed by atoms with van der Waals surface area (Å²) in [7, 11) is 0. The third-order valence-corrected chi connectivity index (χ3v) is 9.29. The van der Waals surface area contributed by atoms with Gasteiger partial charge in [-0.3, -0.25) is 4.98 Å². The van der Waals surface area contributed by atoms with E-state index >= 15 is 4.39 Å². The molecule has 0 spiro atoms. The lowest BCUT2D eigenvalue weighted by Crippen LogP contribution is -2.58. The Balaban J connectivity index is 1.29. The van der Waals surface area contributed by atoms with Gasteiger partial charge in [0.2, 0.25) is 0 Å². The molecule has 2 bridgehead atoms. The summed E-state index contributed by atoms with van der Waals surface area (Å²) in [6.45, 7) is 9.78. The molecule has 4 aromatic rings. The molecule has 238 valence electrons. The number of fused-ring (bicyclic) bond motifs is 4. The average Bonchev–Trinajstić information content (AvgIpc) is 3.52. The number of nitrogens with zero attached hydrogens (tertiary/aromatic N) is 7. The molecule has 3 fully saturated rings. The molecule has 1 amide bonds. The van der Waals surface area contributed by atoms with Gasteiger partial charge in [-0.05, 0) is 85.3 Å². The number of amides is 1. The van der Waals surface area contributed by atoms with Crippen LogP contribution in [0.2, 0.25) is 5.02 Å². The van der Waals surface area contributed by atoms with Crippen molar-refractivity contribution in [3.8, 4) is 11.3 Å². The van der Waals surface area contributed by atoms with Gasteiger partial charge in [0.1, 0.15) is 28.5 Å². The van der Waals surface area contributed by atoms with E-state index in [0.29, 0.717) is 69.4 Å². The summed E-state index contributed by atoms with van der Waals surface area (Å²) in [6, 6.07) is 2.68. The first-order valence-corrected chi connectivity index (χ1v) is 16.1. The third kappa shape index (κ3) is 5.45. The number of alkyl carbamates (subject to hydrolysis) is 1. The van der Waals surface area contributed by atoms with E-state index in [2.05, 4.69) is 20.2 Å². The number of rotatable bonds is 4. The van der Waals surface area contributed by atoms with E-state index in [-0.39, 0.29) is 12.3 Å². The smallest absolute Gasteiger partial charge is 0.407 e. The number of carbonyl (C=O) groups excluding carboxylic acids is 1. The molecular formula is C32H38ClFN8O3. The van der Waals surface area contributed by atoms with Crippen LogP contribution in [0.15, 0.2) is 18.3 Å². The number of nitrogens with one attached hydrogen (secondary N) is 1. The van der Waals surface area contributed by atoms with Gasteiger partial charge in [-0.15, -0.1) is 0 Å². The second-order valence-corrected chi connectivity index (χ2v) is 13.7. The molecule has 3 aliphatic rings. The summed E-state index contributed by atoms with van der Waals surface area (Å²) in [6.07, 6.45) is 4.18. The number of aryl methyl sites for hydroxylation is 2. The lowest BCUT2D eigenvalue weighted by atomic mass is 9.95. The number of anilines is 1. The number of aromatic nitrogens is 6. The number of ether oxygens (including phenoxy) is 2. The molecule has 6 heterocycles. The van der Waals surface area contributed by atoms with E-state index < -0.39 is 29.9 Å². The van der Waals surface area contributed by atoms with Crippen LogP contribution in [0.4, 0.5) is 15.0 Å². The predicted octanol–water partition coefficient (Wildman–Crippen LogP) is 6.38. The van der Waals surface area contributed by atoms with Crippen LogP contribution in [-0.2, 0) is 9.47 Å². The Morgan fingerprint density at radius 1 is 1.11 bits per heavy atom. The molecule has 1 aromatic carbocycles. The average molecular weight is 637 g/mol. The fourth-order valence-electron chi connectivity index (χ4n) is 6.96. The number of alkyl halides is 1. The second kappa shape index (κ2) is 11.3. The van der Waals surface area contributed by atoms with Gasteiger partial charge in [-0.1, -0.05) is 11.6 Å². The highest BCUT2D eigenvalue weighted by Gasteiger charge is 2.49. The second-order valence-electron chi connectivity index (χ2n) is 13.4. The highest BCUT2D eigenvalue weighted by Crippen LogP contribution is 2.43. The quantitative estimate of drug-likeness (QED) is 0.272. The molecule has 13 heteroatoms. The van der Waals surface area contributed by atoms with Gasteiger partial charge in [0.25, 0.3) is 0 Å². The first-order valence-electron chi connectivity index (χ1n) is 15.7. The fraction of sp³-hybridized carbons (Fsp3) is 0.562. The van der Waals surface area contributed by atoms with E-state index in [9.17, 15) is 4.79 Å². The van der Waals surface area contributed by atoms with E-state index in [4.69, 9.17) is 36.1 Å². The monoisotopic (exact) mass is 636 g/mol. The largest absolute Gasteiger partial charge is 0.444 e. The molecule has 0 saturated carbocycles. The van der Waals surface area contributed by atoms with Gasteiger partial charge >= 0.3 is 6.09 Å². The molecule has 3 aromatic heterocycles. The normalized spacial score (nSPS) is 25.2. The maximum absolute atomic E-state index is 16.1. The summed E-state index contributed by atoms with van der Waals surface area (Å²) >= 11 is 6.96. The van der Waals surface area contributed by atoms with Crippen LogP contribution >= 0.6 is 11.6 Å². The van der Waals surface area contributed by atoms with Crippen molar-refractivity contribution < 1.29 is 18.7 Å². The van der Waals surface area contributed by atoms with E-state index in [1.54, 1.807) is 27.0 Å². The van der Waals surface area contributed by atoms with Crippen molar-refractivity contribution in [1.82, 2.24) is 35.0 Å². The van der Waals surface area contributed by atoms with Gasteiger partial charge in [0, 0.05) is 24.4 Å². The highest BCUT2D eigenvalue weighted by molar-refractivity contribution is 6.38.